The summed E-state index contributed by atoms with van der Waals surface area (Å²) in [6.07, 6.45) is 0. The molecule has 0 aliphatic carbocycles. The second-order valence-corrected chi connectivity index (χ2v) is 19.8. The van der Waals surface area contributed by atoms with E-state index in [4.69, 9.17) is 11.1 Å². The maximum absolute atomic E-state index is 9.01. The van der Waals surface area contributed by atoms with Crippen LogP contribution in [0, 0.1) is 5.41 Å². The maximum Gasteiger partial charge on any atom is 0.188 e. The summed E-state index contributed by atoms with van der Waals surface area (Å²) in [6.45, 7) is 28.7. The van der Waals surface area contributed by atoms with Crippen LogP contribution in [0.15, 0.2) is 97.1 Å². The molecule has 6 aromatic carbocycles. The molecule has 0 saturated heterocycles. The lowest BCUT2D eigenvalue weighted by Gasteiger charge is -2.28. The Morgan fingerprint density at radius 2 is 0.796 bits per heavy atom. The van der Waals surface area contributed by atoms with E-state index >= 15 is 0 Å². The molecule has 1 aliphatic heterocycles. The minimum absolute atomic E-state index is 0.0273. The molecular formula is C51H59N3. The first kappa shape index (κ1) is 37.4. The monoisotopic (exact) mass is 713 g/mol. The van der Waals surface area contributed by atoms with E-state index in [1.54, 1.807) is 0 Å². The van der Waals surface area contributed by atoms with Gasteiger partial charge in [-0.1, -0.05) is 168 Å². The molecule has 3 heteroatoms. The normalized spacial score (nSPS) is 13.9. The molecule has 0 fully saturated rings. The first-order valence-electron chi connectivity index (χ1n) is 19.6. The summed E-state index contributed by atoms with van der Waals surface area (Å²) in [5, 5.41) is 13.9. The summed E-state index contributed by atoms with van der Waals surface area (Å²) >= 11 is 0. The minimum Gasteiger partial charge on any atom is -0.370 e. The van der Waals surface area contributed by atoms with Crippen LogP contribution in [-0.2, 0) is 34.7 Å². The predicted octanol–water partition coefficient (Wildman–Crippen LogP) is 13.4. The van der Waals surface area contributed by atoms with Crippen LogP contribution in [0.3, 0.4) is 0 Å². The quantitative estimate of drug-likeness (QED) is 0.139. The highest BCUT2D eigenvalue weighted by Crippen LogP contribution is 2.49. The zero-order chi connectivity index (χ0) is 39.1. The third kappa shape index (κ3) is 6.83. The molecular weight excluding hydrogens is 655 g/mol. The second-order valence-electron chi connectivity index (χ2n) is 19.8. The Kier molecular flexibility index (Phi) is 8.91. The van der Waals surface area contributed by atoms with Gasteiger partial charge in [0.1, 0.15) is 0 Å². The van der Waals surface area contributed by atoms with Crippen LogP contribution in [-0.4, -0.2) is 10.9 Å². The van der Waals surface area contributed by atoms with E-state index < -0.39 is 0 Å². The van der Waals surface area contributed by atoms with Gasteiger partial charge in [0.05, 0.1) is 0 Å². The van der Waals surface area contributed by atoms with E-state index in [-0.39, 0.29) is 27.6 Å². The summed E-state index contributed by atoms with van der Waals surface area (Å²) in [6, 6.07) is 37.0. The van der Waals surface area contributed by atoms with Crippen molar-refractivity contribution < 1.29 is 0 Å². The van der Waals surface area contributed by atoms with Gasteiger partial charge >= 0.3 is 0 Å². The summed E-state index contributed by atoms with van der Waals surface area (Å²) < 4.78 is 0. The van der Waals surface area contributed by atoms with E-state index in [9.17, 15) is 0 Å². The Labute approximate surface area is 324 Å². The molecule has 3 N–H and O–H groups in total. The van der Waals surface area contributed by atoms with E-state index in [2.05, 4.69) is 185 Å². The molecule has 0 unspecified atom stereocenters. The number of nitrogens with zero attached hydrogens (tertiary/aromatic N) is 1. The summed E-state index contributed by atoms with van der Waals surface area (Å²) in [4.78, 5) is 2.08. The van der Waals surface area contributed by atoms with E-state index in [0.717, 1.165) is 0 Å². The summed E-state index contributed by atoms with van der Waals surface area (Å²) in [5.74, 6) is 0.0877. The highest BCUT2D eigenvalue weighted by atomic mass is 15.2. The largest absolute Gasteiger partial charge is 0.370 e. The van der Waals surface area contributed by atoms with Crippen molar-refractivity contribution in [3.8, 4) is 33.4 Å². The third-order valence-electron chi connectivity index (χ3n) is 11.6. The standard InChI is InChI=1S/C51H59N3/c1-48(2,3)35-21-33(22-36(27-35)49(4,5)6)41-25-31-17-13-15-19-39(31)45-43(41)29-54(47(52)53)30-44-42(26-32-18-14-16-20-40(32)46(44)45)34-23-37(50(7,8)9)28-38(24-34)51(10,11)12/h13-28H,29-30H2,1-12H3,(H3,52,53). The van der Waals surface area contributed by atoms with Crippen molar-refractivity contribution in [1.82, 2.24) is 4.90 Å². The number of rotatable bonds is 2. The Hall–Kier alpha value is -4.89. The number of benzene rings is 6. The Morgan fingerprint density at radius 1 is 0.481 bits per heavy atom. The van der Waals surface area contributed by atoms with Gasteiger partial charge in [0.15, 0.2) is 5.96 Å². The molecule has 0 spiro atoms. The van der Waals surface area contributed by atoms with Crippen LogP contribution in [0.1, 0.15) is 116 Å². The topological polar surface area (TPSA) is 53.1 Å². The highest BCUT2D eigenvalue weighted by Gasteiger charge is 2.31. The van der Waals surface area contributed by atoms with Gasteiger partial charge in [-0.15, -0.1) is 0 Å². The van der Waals surface area contributed by atoms with Crippen molar-refractivity contribution in [2.75, 3.05) is 0 Å². The van der Waals surface area contributed by atoms with Crippen LogP contribution >= 0.6 is 0 Å². The zero-order valence-electron chi connectivity index (χ0n) is 34.7. The van der Waals surface area contributed by atoms with Gasteiger partial charge in [0, 0.05) is 13.1 Å². The first-order chi connectivity index (χ1) is 25.1. The number of nitrogens with one attached hydrogen (secondary N) is 1. The first-order valence-corrected chi connectivity index (χ1v) is 19.6. The molecule has 54 heavy (non-hydrogen) atoms. The molecule has 0 amide bonds. The predicted molar refractivity (Wildman–Crippen MR) is 234 cm³/mol. The molecule has 3 nitrogen and oxygen atoms in total. The SMILES string of the molecule is CC(C)(C)c1cc(-c2cc3ccccc3c3c2CN(C(=N)N)Cc2c(-c4cc(C(C)(C)C)cc(C(C)(C)C)c4)cc4ccccc4c2-3)cc(C(C)(C)C)c1. The molecule has 0 radical (unpaired) electrons. The van der Waals surface area contributed by atoms with Crippen molar-refractivity contribution in [2.45, 2.75) is 118 Å². The van der Waals surface area contributed by atoms with Crippen LogP contribution < -0.4 is 5.73 Å². The van der Waals surface area contributed by atoms with Gasteiger partial charge in [-0.2, -0.15) is 0 Å². The van der Waals surface area contributed by atoms with E-state index in [0.29, 0.717) is 13.1 Å². The van der Waals surface area contributed by atoms with Crippen LogP contribution in [0.5, 0.6) is 0 Å². The molecule has 1 heterocycles. The van der Waals surface area contributed by atoms with Gasteiger partial charge < -0.3 is 10.6 Å². The van der Waals surface area contributed by atoms with Gasteiger partial charge in [-0.05, 0) is 122 Å². The van der Waals surface area contributed by atoms with Gasteiger partial charge in [-0.3, -0.25) is 5.41 Å². The lowest BCUT2D eigenvalue weighted by molar-refractivity contribution is 0.404. The molecule has 1 aliphatic rings. The molecule has 0 aromatic heterocycles. The summed E-state index contributed by atoms with van der Waals surface area (Å²) in [7, 11) is 0. The highest BCUT2D eigenvalue weighted by molar-refractivity contribution is 6.12. The zero-order valence-corrected chi connectivity index (χ0v) is 34.7. The van der Waals surface area contributed by atoms with Crippen molar-refractivity contribution in [2.24, 2.45) is 5.73 Å². The molecule has 6 aromatic rings. The fourth-order valence-corrected chi connectivity index (χ4v) is 8.10. The minimum atomic E-state index is -0.0273. The Morgan fingerprint density at radius 3 is 1.09 bits per heavy atom. The fourth-order valence-electron chi connectivity index (χ4n) is 8.10. The van der Waals surface area contributed by atoms with Crippen molar-refractivity contribution in [3.63, 3.8) is 0 Å². The van der Waals surface area contributed by atoms with Crippen LogP contribution in [0.25, 0.3) is 54.9 Å². The van der Waals surface area contributed by atoms with Crippen LogP contribution in [0.2, 0.25) is 0 Å². The lowest BCUT2D eigenvalue weighted by Crippen LogP contribution is -2.35. The van der Waals surface area contributed by atoms with E-state index in [1.807, 2.05) is 0 Å². The molecule has 7 rings (SSSR count). The maximum atomic E-state index is 9.01. The lowest BCUT2D eigenvalue weighted by atomic mass is 9.76. The molecule has 0 atom stereocenters. The number of hydrogen-bond donors (Lipinski definition) is 2. The molecule has 0 saturated carbocycles. The number of fused-ring (bicyclic) bond motifs is 7. The number of guanidine groups is 1. The Balaban J connectivity index is 1.67. The van der Waals surface area contributed by atoms with Crippen LogP contribution in [0.4, 0.5) is 0 Å². The summed E-state index contributed by atoms with van der Waals surface area (Å²) in [5.41, 5.74) is 21.6. The second kappa shape index (κ2) is 12.9. The van der Waals surface area contributed by atoms with Gasteiger partial charge in [0.25, 0.3) is 0 Å². The van der Waals surface area contributed by atoms with Crippen molar-refractivity contribution >= 4 is 27.5 Å². The van der Waals surface area contributed by atoms with Gasteiger partial charge in [-0.25, -0.2) is 0 Å². The average molecular weight is 714 g/mol. The smallest absolute Gasteiger partial charge is 0.188 e. The van der Waals surface area contributed by atoms with Crippen molar-refractivity contribution in [1.29, 1.82) is 5.41 Å². The molecule has 0 bridgehead atoms. The number of hydrogen-bond acceptors (Lipinski definition) is 1. The van der Waals surface area contributed by atoms with Crippen molar-refractivity contribution in [3.05, 3.63) is 130 Å². The molecule has 278 valence electrons. The fraction of sp³-hybridized carbons (Fsp3) is 0.353. The number of nitrogens with two attached hydrogens (primary N) is 1. The Bertz CT molecular complexity index is 2220. The van der Waals surface area contributed by atoms with E-state index in [1.165, 1.54) is 88.3 Å². The third-order valence-corrected chi connectivity index (χ3v) is 11.6. The average Bonchev–Trinajstić information content (AvgIpc) is 3.27. The van der Waals surface area contributed by atoms with Gasteiger partial charge in [0.2, 0.25) is 0 Å².